The average molecular weight is 523 g/mol. The van der Waals surface area contributed by atoms with E-state index >= 15 is 0 Å². The van der Waals surface area contributed by atoms with Gasteiger partial charge in [-0.3, -0.25) is 20.0 Å². The van der Waals surface area contributed by atoms with Crippen molar-refractivity contribution >= 4 is 17.8 Å². The molecule has 8 nitrogen and oxygen atoms in total. The molecule has 0 spiro atoms. The molecule has 2 aromatic carbocycles. The minimum atomic E-state index is -0.631. The molecule has 0 aliphatic carbocycles. The van der Waals surface area contributed by atoms with Crippen molar-refractivity contribution in [3.63, 3.8) is 0 Å². The molecule has 0 saturated carbocycles. The summed E-state index contributed by atoms with van der Waals surface area (Å²) >= 11 is 0. The molecule has 0 aliphatic rings. The molecule has 0 heterocycles. The van der Waals surface area contributed by atoms with Crippen molar-refractivity contribution in [2.45, 2.75) is 58.6 Å². The van der Waals surface area contributed by atoms with Gasteiger partial charge in [-0.25, -0.2) is 4.79 Å². The molecule has 206 valence electrons. The number of rotatable bonds is 16. The largest absolute Gasteiger partial charge is 0.458 e. The number of nitrogens with two attached hydrogens (primary N) is 1. The van der Waals surface area contributed by atoms with Crippen molar-refractivity contribution in [2.24, 2.45) is 11.7 Å². The van der Waals surface area contributed by atoms with Gasteiger partial charge in [-0.2, -0.15) is 0 Å². The molecule has 0 bridgehead atoms. The van der Waals surface area contributed by atoms with Crippen LogP contribution in [0.1, 0.15) is 50.7 Å². The standard InChI is InChI=1S/C30H42N4O4/c1-24(2)22-27(32-20-11-16-25-12-5-3-6-13-25)30(37)33-34(21-10-9-19-31)28(35)17-18-29(36)38-23-26-14-7-4-8-15-26/h3-8,12-15,17-18,24,27,32H,9-11,16,19-23,31H2,1-2H3,(H,33,37)/b18-17+. The molecule has 4 N–H and O–H groups in total. The first-order valence-corrected chi connectivity index (χ1v) is 13.4. The summed E-state index contributed by atoms with van der Waals surface area (Å²) in [6.45, 7) is 5.67. The molecule has 2 rings (SSSR count). The lowest BCUT2D eigenvalue weighted by atomic mass is 10.0. The number of nitrogens with one attached hydrogen (secondary N) is 2. The average Bonchev–Trinajstić information content (AvgIpc) is 2.92. The van der Waals surface area contributed by atoms with Crippen LogP contribution in [-0.2, 0) is 32.1 Å². The van der Waals surface area contributed by atoms with Crippen LogP contribution in [0, 0.1) is 5.92 Å². The molecule has 0 radical (unpaired) electrons. The highest BCUT2D eigenvalue weighted by molar-refractivity contribution is 5.95. The second-order valence-corrected chi connectivity index (χ2v) is 9.61. The molecule has 8 heteroatoms. The van der Waals surface area contributed by atoms with E-state index < -0.39 is 17.9 Å². The summed E-state index contributed by atoms with van der Waals surface area (Å²) in [5, 5.41) is 4.60. The second kappa shape index (κ2) is 17.9. The van der Waals surface area contributed by atoms with Crippen LogP contribution in [0.5, 0.6) is 0 Å². The van der Waals surface area contributed by atoms with Gasteiger partial charge in [0, 0.05) is 18.7 Å². The Bertz CT molecular complexity index is 996. The van der Waals surface area contributed by atoms with Crippen LogP contribution >= 0.6 is 0 Å². The van der Waals surface area contributed by atoms with E-state index in [2.05, 4.69) is 36.7 Å². The molecular formula is C30H42N4O4. The normalized spacial score (nSPS) is 11.9. The van der Waals surface area contributed by atoms with Gasteiger partial charge in [0.25, 0.3) is 11.8 Å². The predicted molar refractivity (Wildman–Crippen MR) is 150 cm³/mol. The predicted octanol–water partition coefficient (Wildman–Crippen LogP) is 3.52. The molecule has 1 atom stereocenters. The van der Waals surface area contributed by atoms with Crippen LogP contribution in [0.4, 0.5) is 0 Å². The van der Waals surface area contributed by atoms with Crippen molar-refractivity contribution in [2.75, 3.05) is 19.6 Å². The van der Waals surface area contributed by atoms with E-state index in [1.54, 1.807) is 0 Å². The fourth-order valence-corrected chi connectivity index (χ4v) is 3.82. The molecule has 0 fully saturated rings. The van der Waals surface area contributed by atoms with Crippen molar-refractivity contribution in [1.29, 1.82) is 0 Å². The van der Waals surface area contributed by atoms with Crippen LogP contribution in [0.2, 0.25) is 0 Å². The van der Waals surface area contributed by atoms with Gasteiger partial charge in [0.05, 0.1) is 6.04 Å². The van der Waals surface area contributed by atoms with Crippen molar-refractivity contribution in [3.8, 4) is 0 Å². The van der Waals surface area contributed by atoms with Crippen LogP contribution < -0.4 is 16.5 Å². The van der Waals surface area contributed by atoms with Gasteiger partial charge in [-0.15, -0.1) is 0 Å². The third-order valence-electron chi connectivity index (χ3n) is 5.83. The lowest BCUT2D eigenvalue weighted by Crippen LogP contribution is -2.53. The quantitative estimate of drug-likeness (QED) is 0.135. The Labute approximate surface area is 226 Å². The molecule has 0 aliphatic heterocycles. The van der Waals surface area contributed by atoms with Crippen LogP contribution in [-0.4, -0.2) is 48.5 Å². The highest BCUT2D eigenvalue weighted by atomic mass is 16.5. The van der Waals surface area contributed by atoms with Gasteiger partial charge in [0.1, 0.15) is 6.61 Å². The van der Waals surface area contributed by atoms with E-state index in [4.69, 9.17) is 10.5 Å². The monoisotopic (exact) mass is 522 g/mol. The summed E-state index contributed by atoms with van der Waals surface area (Å²) in [6, 6.07) is 19.1. The fourth-order valence-electron chi connectivity index (χ4n) is 3.82. The number of benzene rings is 2. The molecule has 2 amide bonds. The Morgan fingerprint density at radius 1 is 0.921 bits per heavy atom. The van der Waals surface area contributed by atoms with E-state index in [1.807, 2.05) is 48.5 Å². The third-order valence-corrected chi connectivity index (χ3v) is 5.83. The Kier molecular flexibility index (Phi) is 14.5. The van der Waals surface area contributed by atoms with E-state index in [9.17, 15) is 14.4 Å². The van der Waals surface area contributed by atoms with Gasteiger partial charge in [-0.05, 0) is 62.2 Å². The zero-order valence-electron chi connectivity index (χ0n) is 22.6. The number of nitrogens with zero attached hydrogens (tertiary/aromatic N) is 1. The summed E-state index contributed by atoms with van der Waals surface area (Å²) in [4.78, 5) is 38.2. The number of hydrogen-bond donors (Lipinski definition) is 3. The lowest BCUT2D eigenvalue weighted by molar-refractivity contribution is -0.140. The summed E-state index contributed by atoms with van der Waals surface area (Å²) in [6.07, 6.45) is 5.96. The number of carbonyl (C=O) groups is 3. The van der Waals surface area contributed by atoms with Gasteiger partial charge < -0.3 is 15.8 Å². The van der Waals surface area contributed by atoms with Crippen LogP contribution in [0.3, 0.4) is 0 Å². The number of hydrogen-bond acceptors (Lipinski definition) is 6. The minimum Gasteiger partial charge on any atom is -0.458 e. The van der Waals surface area contributed by atoms with Crippen molar-refractivity contribution in [1.82, 2.24) is 15.8 Å². The van der Waals surface area contributed by atoms with Crippen molar-refractivity contribution < 1.29 is 19.1 Å². The summed E-state index contributed by atoms with van der Waals surface area (Å²) < 4.78 is 5.20. The highest BCUT2D eigenvalue weighted by Crippen LogP contribution is 2.08. The second-order valence-electron chi connectivity index (χ2n) is 9.61. The van der Waals surface area contributed by atoms with E-state index in [0.29, 0.717) is 32.4 Å². The van der Waals surface area contributed by atoms with Gasteiger partial charge in [-0.1, -0.05) is 74.5 Å². The van der Waals surface area contributed by atoms with Gasteiger partial charge in [0.15, 0.2) is 0 Å². The Hall–Kier alpha value is -3.49. The minimum absolute atomic E-state index is 0.113. The van der Waals surface area contributed by atoms with E-state index in [1.165, 1.54) is 10.6 Å². The maximum absolute atomic E-state index is 13.2. The van der Waals surface area contributed by atoms with Crippen molar-refractivity contribution in [3.05, 3.63) is 83.9 Å². The molecule has 38 heavy (non-hydrogen) atoms. The third kappa shape index (κ3) is 12.7. The summed E-state index contributed by atoms with van der Waals surface area (Å²) in [5.74, 6) is -1.12. The maximum atomic E-state index is 13.2. The maximum Gasteiger partial charge on any atom is 0.331 e. The van der Waals surface area contributed by atoms with Crippen LogP contribution in [0.15, 0.2) is 72.8 Å². The zero-order valence-corrected chi connectivity index (χ0v) is 22.6. The first-order chi connectivity index (χ1) is 18.4. The topological polar surface area (TPSA) is 114 Å². The number of amides is 2. The van der Waals surface area contributed by atoms with Gasteiger partial charge in [0.2, 0.25) is 0 Å². The number of hydrazine groups is 1. The molecule has 0 saturated heterocycles. The van der Waals surface area contributed by atoms with Crippen LogP contribution in [0.25, 0.3) is 0 Å². The first-order valence-electron chi connectivity index (χ1n) is 13.4. The zero-order chi connectivity index (χ0) is 27.6. The smallest absolute Gasteiger partial charge is 0.331 e. The summed E-state index contributed by atoms with van der Waals surface area (Å²) in [7, 11) is 0. The highest BCUT2D eigenvalue weighted by Gasteiger charge is 2.23. The number of carbonyl (C=O) groups excluding carboxylic acids is 3. The molecule has 1 unspecified atom stereocenters. The van der Waals surface area contributed by atoms with E-state index in [-0.39, 0.29) is 25.0 Å². The Morgan fingerprint density at radius 3 is 2.21 bits per heavy atom. The summed E-state index contributed by atoms with van der Waals surface area (Å²) in [5.41, 5.74) is 10.5. The number of aryl methyl sites for hydroxylation is 1. The van der Waals surface area contributed by atoms with E-state index in [0.717, 1.165) is 30.6 Å². The SMILES string of the molecule is CC(C)CC(NCCCc1ccccc1)C(=O)NN(CCCCN)C(=O)/C=C/C(=O)OCc1ccccc1. The lowest BCUT2D eigenvalue weighted by Gasteiger charge is -2.26. The number of esters is 1. The fraction of sp³-hybridized carbons (Fsp3) is 0.433. The Balaban J connectivity index is 1.93. The van der Waals surface area contributed by atoms with Gasteiger partial charge >= 0.3 is 5.97 Å². The first kappa shape index (κ1) is 30.7. The molecule has 2 aromatic rings. The molecule has 0 aromatic heterocycles. The number of ether oxygens (including phenoxy) is 1. The number of unbranched alkanes of at least 4 members (excludes halogenated alkanes) is 1. The molecular weight excluding hydrogens is 480 g/mol. The Morgan fingerprint density at radius 2 is 1.58 bits per heavy atom.